The summed E-state index contributed by atoms with van der Waals surface area (Å²) in [4.78, 5) is 21.3. The molecule has 0 unspecified atom stereocenters. The Balaban J connectivity index is 1.39. The van der Waals surface area contributed by atoms with Crippen LogP contribution < -0.4 is 0 Å². The van der Waals surface area contributed by atoms with Gasteiger partial charge in [0.25, 0.3) is 5.91 Å². The fourth-order valence-electron chi connectivity index (χ4n) is 3.35. The number of fused-ring (bicyclic) bond motifs is 1. The molecular formula is C18H23N3O5. The third-order valence-corrected chi connectivity index (χ3v) is 4.71. The van der Waals surface area contributed by atoms with Crippen LogP contribution >= 0.6 is 0 Å². The molecule has 0 saturated carbocycles. The van der Waals surface area contributed by atoms with Crippen molar-refractivity contribution in [2.45, 2.75) is 26.1 Å². The molecule has 4 heterocycles. The first-order valence-electron chi connectivity index (χ1n) is 8.86. The summed E-state index contributed by atoms with van der Waals surface area (Å²) in [5, 5.41) is 0. The van der Waals surface area contributed by atoms with Crippen LogP contribution in [0.5, 0.6) is 0 Å². The van der Waals surface area contributed by atoms with E-state index < -0.39 is 0 Å². The lowest BCUT2D eigenvalue weighted by Gasteiger charge is -2.25. The summed E-state index contributed by atoms with van der Waals surface area (Å²) in [5.74, 6) is 2.17. The topological polar surface area (TPSA) is 81.2 Å². The SMILES string of the molecule is COCc1nc2c(o1)CCN(C(=O)c1coc(CN3CCOCC3)c1)C2. The number of carbonyl (C=O) groups is 1. The lowest BCUT2D eigenvalue weighted by Crippen LogP contribution is -2.36. The van der Waals surface area contributed by atoms with Crippen molar-refractivity contribution < 1.29 is 23.1 Å². The smallest absolute Gasteiger partial charge is 0.257 e. The number of hydrogen-bond acceptors (Lipinski definition) is 7. The number of methoxy groups -OCH3 is 1. The van der Waals surface area contributed by atoms with Gasteiger partial charge < -0.3 is 23.2 Å². The zero-order chi connectivity index (χ0) is 17.9. The average Bonchev–Trinajstić information content (AvgIpc) is 3.28. The Hall–Kier alpha value is -2.16. The maximum atomic E-state index is 12.8. The Labute approximate surface area is 151 Å². The minimum absolute atomic E-state index is 0.0380. The van der Waals surface area contributed by atoms with Gasteiger partial charge in [-0.2, -0.15) is 0 Å². The van der Waals surface area contributed by atoms with E-state index in [4.69, 9.17) is 18.3 Å². The number of hydrogen-bond donors (Lipinski definition) is 0. The van der Waals surface area contributed by atoms with Crippen molar-refractivity contribution in [2.24, 2.45) is 0 Å². The van der Waals surface area contributed by atoms with Crippen LogP contribution in [0, 0.1) is 0 Å². The number of aromatic nitrogens is 1. The van der Waals surface area contributed by atoms with E-state index >= 15 is 0 Å². The maximum Gasteiger partial charge on any atom is 0.257 e. The lowest BCUT2D eigenvalue weighted by molar-refractivity contribution is 0.0313. The molecule has 2 aromatic heterocycles. The minimum atomic E-state index is -0.0380. The Bertz CT molecular complexity index is 763. The van der Waals surface area contributed by atoms with E-state index in [1.807, 2.05) is 6.07 Å². The highest BCUT2D eigenvalue weighted by Gasteiger charge is 2.27. The fraction of sp³-hybridized carbons (Fsp3) is 0.556. The van der Waals surface area contributed by atoms with Crippen molar-refractivity contribution in [2.75, 3.05) is 40.0 Å². The summed E-state index contributed by atoms with van der Waals surface area (Å²) in [6.07, 6.45) is 2.21. The second-order valence-corrected chi connectivity index (χ2v) is 6.58. The van der Waals surface area contributed by atoms with Crippen LogP contribution in [0.25, 0.3) is 0 Å². The van der Waals surface area contributed by atoms with Crippen molar-refractivity contribution in [1.29, 1.82) is 0 Å². The van der Waals surface area contributed by atoms with Gasteiger partial charge in [-0.15, -0.1) is 0 Å². The highest BCUT2D eigenvalue weighted by atomic mass is 16.5. The highest BCUT2D eigenvalue weighted by Crippen LogP contribution is 2.22. The van der Waals surface area contributed by atoms with Gasteiger partial charge in [0, 0.05) is 33.2 Å². The first-order chi connectivity index (χ1) is 12.7. The predicted octanol–water partition coefficient (Wildman–Crippen LogP) is 1.44. The monoisotopic (exact) mass is 361 g/mol. The van der Waals surface area contributed by atoms with E-state index in [1.54, 1.807) is 18.3 Å². The van der Waals surface area contributed by atoms with Gasteiger partial charge >= 0.3 is 0 Å². The third-order valence-electron chi connectivity index (χ3n) is 4.71. The van der Waals surface area contributed by atoms with Gasteiger partial charge in [0.1, 0.15) is 30.1 Å². The molecule has 0 bridgehead atoms. The molecule has 140 valence electrons. The van der Waals surface area contributed by atoms with Gasteiger partial charge in [-0.3, -0.25) is 9.69 Å². The van der Waals surface area contributed by atoms with Crippen LogP contribution in [0.1, 0.15) is 33.5 Å². The fourth-order valence-corrected chi connectivity index (χ4v) is 3.35. The number of rotatable bonds is 5. The Morgan fingerprint density at radius 3 is 2.96 bits per heavy atom. The van der Waals surface area contributed by atoms with Gasteiger partial charge in [0.15, 0.2) is 0 Å². The number of oxazole rings is 1. The summed E-state index contributed by atoms with van der Waals surface area (Å²) >= 11 is 0. The summed E-state index contributed by atoms with van der Waals surface area (Å²) in [6.45, 7) is 5.35. The minimum Gasteiger partial charge on any atom is -0.467 e. The molecule has 0 atom stereocenters. The number of furan rings is 1. The first-order valence-corrected chi connectivity index (χ1v) is 8.86. The molecule has 2 aliphatic rings. The predicted molar refractivity (Wildman–Crippen MR) is 90.5 cm³/mol. The van der Waals surface area contributed by atoms with Gasteiger partial charge in [-0.1, -0.05) is 0 Å². The lowest BCUT2D eigenvalue weighted by atomic mass is 10.1. The molecule has 0 aromatic carbocycles. The van der Waals surface area contributed by atoms with Crippen molar-refractivity contribution in [1.82, 2.24) is 14.8 Å². The van der Waals surface area contributed by atoms with Gasteiger partial charge in [-0.05, 0) is 6.07 Å². The molecule has 0 aliphatic carbocycles. The normalized spacial score (nSPS) is 18.1. The van der Waals surface area contributed by atoms with E-state index in [0.29, 0.717) is 44.1 Å². The molecule has 8 nitrogen and oxygen atoms in total. The first kappa shape index (κ1) is 17.3. The zero-order valence-electron chi connectivity index (χ0n) is 14.9. The zero-order valence-corrected chi connectivity index (χ0v) is 14.9. The third kappa shape index (κ3) is 3.67. The second-order valence-electron chi connectivity index (χ2n) is 6.58. The number of morpholine rings is 1. The van der Waals surface area contributed by atoms with Crippen LogP contribution in [-0.2, 0) is 35.6 Å². The van der Waals surface area contributed by atoms with Crippen molar-refractivity contribution >= 4 is 5.91 Å². The van der Waals surface area contributed by atoms with Crippen molar-refractivity contribution in [3.05, 3.63) is 41.0 Å². The van der Waals surface area contributed by atoms with Gasteiger partial charge in [0.05, 0.1) is 31.9 Å². The van der Waals surface area contributed by atoms with Crippen LogP contribution in [-0.4, -0.2) is 60.6 Å². The number of nitrogens with zero attached hydrogens (tertiary/aromatic N) is 3. The molecule has 26 heavy (non-hydrogen) atoms. The molecule has 1 saturated heterocycles. The van der Waals surface area contributed by atoms with Crippen LogP contribution in [0.2, 0.25) is 0 Å². The van der Waals surface area contributed by atoms with E-state index in [9.17, 15) is 4.79 Å². The van der Waals surface area contributed by atoms with Gasteiger partial charge in [-0.25, -0.2) is 4.98 Å². The van der Waals surface area contributed by atoms with Crippen molar-refractivity contribution in [3.8, 4) is 0 Å². The maximum absolute atomic E-state index is 12.8. The van der Waals surface area contributed by atoms with E-state index in [2.05, 4.69) is 9.88 Å². The Morgan fingerprint density at radius 2 is 2.15 bits per heavy atom. The van der Waals surface area contributed by atoms with Gasteiger partial charge in [0.2, 0.25) is 5.89 Å². The van der Waals surface area contributed by atoms with E-state index in [-0.39, 0.29) is 5.91 Å². The van der Waals surface area contributed by atoms with Crippen LogP contribution in [0.15, 0.2) is 21.2 Å². The molecule has 1 amide bonds. The molecule has 4 rings (SSSR count). The summed E-state index contributed by atoms with van der Waals surface area (Å²) < 4.78 is 21.7. The average molecular weight is 361 g/mol. The molecule has 0 spiro atoms. The number of amides is 1. The molecule has 0 N–H and O–H groups in total. The van der Waals surface area contributed by atoms with Crippen LogP contribution in [0.4, 0.5) is 0 Å². The van der Waals surface area contributed by atoms with E-state index in [1.165, 1.54) is 0 Å². The molecule has 0 radical (unpaired) electrons. The summed E-state index contributed by atoms with van der Waals surface area (Å²) in [7, 11) is 1.60. The second kappa shape index (κ2) is 7.61. The van der Waals surface area contributed by atoms with E-state index in [0.717, 1.165) is 43.5 Å². The highest BCUT2D eigenvalue weighted by molar-refractivity contribution is 5.94. The molecule has 2 aliphatic heterocycles. The summed E-state index contributed by atoms with van der Waals surface area (Å²) in [5.41, 5.74) is 1.39. The Kier molecular flexibility index (Phi) is 5.05. The molecule has 8 heteroatoms. The standard InChI is InChI=1S/C18H23N3O5/c1-23-12-17-19-15-10-21(3-2-16(15)26-17)18(22)13-8-14(25-11-13)9-20-4-6-24-7-5-20/h8,11H,2-7,9-10,12H2,1H3. The molecule has 1 fully saturated rings. The summed E-state index contributed by atoms with van der Waals surface area (Å²) in [6, 6.07) is 1.84. The number of carbonyl (C=O) groups excluding carboxylic acids is 1. The number of ether oxygens (including phenoxy) is 2. The van der Waals surface area contributed by atoms with Crippen molar-refractivity contribution in [3.63, 3.8) is 0 Å². The van der Waals surface area contributed by atoms with Crippen LogP contribution in [0.3, 0.4) is 0 Å². The quantitative estimate of drug-likeness (QED) is 0.797. The Morgan fingerprint density at radius 1 is 1.31 bits per heavy atom. The molecular weight excluding hydrogens is 338 g/mol. The molecule has 2 aromatic rings. The largest absolute Gasteiger partial charge is 0.467 e.